The topological polar surface area (TPSA) is 24.9 Å². The molecule has 0 N–H and O–H groups in total. The van der Waals surface area contributed by atoms with Crippen LogP contribution in [0.15, 0.2) is 109 Å². The molecule has 4 nitrogen and oxygen atoms in total. The second-order valence-electron chi connectivity index (χ2n) is 13.9. The Hall–Kier alpha value is -4.68. The van der Waals surface area contributed by atoms with Crippen LogP contribution in [0.1, 0.15) is 45.1 Å². The zero-order valence-corrected chi connectivity index (χ0v) is 27.7. The van der Waals surface area contributed by atoms with Crippen molar-refractivity contribution in [3.63, 3.8) is 0 Å². The van der Waals surface area contributed by atoms with Crippen molar-refractivity contribution in [2.24, 2.45) is 0 Å². The fraction of sp³-hybridized carbons (Fsp3) is 0.220. The minimum atomic E-state index is -0.0230. The number of hydrogen-bond acceptors (Lipinski definition) is 5. The molecule has 230 valence electrons. The van der Waals surface area contributed by atoms with E-state index >= 15 is 0 Å². The maximum absolute atomic E-state index is 7.01. The van der Waals surface area contributed by atoms with E-state index in [1.165, 1.54) is 69.1 Å². The molecule has 4 aliphatic rings. The zero-order valence-electron chi connectivity index (χ0n) is 26.9. The maximum Gasteiger partial charge on any atom is 0.258 e. The first-order valence-electron chi connectivity index (χ1n) is 16.8. The SMILES string of the molecule is COc1cc2c3c(c1)N1c4c(cccc4C4(C)CCCCC14C)B3c1c(sc3c(N(c4ccccc4)c4ccccc4)cccc13)O2. The maximum atomic E-state index is 7.01. The Morgan fingerprint density at radius 2 is 1.53 bits per heavy atom. The van der Waals surface area contributed by atoms with Crippen LogP contribution < -0.4 is 35.7 Å². The molecular weight excluding hydrogens is 595 g/mol. The van der Waals surface area contributed by atoms with Crippen molar-refractivity contribution in [3.8, 4) is 16.6 Å². The molecule has 3 aliphatic heterocycles. The van der Waals surface area contributed by atoms with E-state index in [0.29, 0.717) is 0 Å². The summed E-state index contributed by atoms with van der Waals surface area (Å²) in [6, 6.07) is 39.6. The third-order valence-electron chi connectivity index (χ3n) is 11.8. The summed E-state index contributed by atoms with van der Waals surface area (Å²) in [5, 5.41) is 2.24. The first-order chi connectivity index (χ1) is 23.0. The van der Waals surface area contributed by atoms with Crippen molar-refractivity contribution in [1.82, 2.24) is 0 Å². The fourth-order valence-electron chi connectivity index (χ4n) is 9.43. The second-order valence-corrected chi connectivity index (χ2v) is 14.9. The van der Waals surface area contributed by atoms with Crippen LogP contribution in [0.2, 0.25) is 0 Å². The molecule has 6 aromatic rings. The molecular formula is C41H35BN2O2S. The number of benzene rings is 5. The summed E-state index contributed by atoms with van der Waals surface area (Å²) in [5.74, 6) is 1.76. The van der Waals surface area contributed by atoms with Gasteiger partial charge in [-0.1, -0.05) is 97.8 Å². The van der Waals surface area contributed by atoms with E-state index < -0.39 is 0 Å². The van der Waals surface area contributed by atoms with Gasteiger partial charge in [0.1, 0.15) is 11.5 Å². The second kappa shape index (κ2) is 9.68. The van der Waals surface area contributed by atoms with Crippen LogP contribution in [0.4, 0.5) is 28.4 Å². The van der Waals surface area contributed by atoms with E-state index in [1.807, 2.05) is 0 Å². The van der Waals surface area contributed by atoms with Crippen molar-refractivity contribution in [1.29, 1.82) is 0 Å². The summed E-state index contributed by atoms with van der Waals surface area (Å²) in [7, 11) is 1.77. The van der Waals surface area contributed by atoms with E-state index in [4.69, 9.17) is 9.47 Å². The normalized spacial score (nSPS) is 21.4. The number of nitrogens with zero attached hydrogens (tertiary/aromatic N) is 2. The number of fused-ring (bicyclic) bond motifs is 9. The molecule has 5 aromatic carbocycles. The lowest BCUT2D eigenvalue weighted by Crippen LogP contribution is -2.63. The zero-order chi connectivity index (χ0) is 31.5. The van der Waals surface area contributed by atoms with E-state index in [-0.39, 0.29) is 17.7 Å². The monoisotopic (exact) mass is 630 g/mol. The van der Waals surface area contributed by atoms with Crippen LogP contribution in [0, 0.1) is 0 Å². The van der Waals surface area contributed by atoms with Crippen molar-refractivity contribution in [2.45, 2.75) is 50.5 Å². The molecule has 4 heterocycles. The van der Waals surface area contributed by atoms with Crippen LogP contribution in [-0.4, -0.2) is 19.4 Å². The van der Waals surface area contributed by atoms with Gasteiger partial charge < -0.3 is 19.3 Å². The van der Waals surface area contributed by atoms with Gasteiger partial charge in [-0.25, -0.2) is 0 Å². The van der Waals surface area contributed by atoms with Crippen molar-refractivity contribution in [3.05, 3.63) is 115 Å². The molecule has 1 fully saturated rings. The Morgan fingerprint density at radius 3 is 2.28 bits per heavy atom. The summed E-state index contributed by atoms with van der Waals surface area (Å²) in [6.45, 7) is 5.09. The number of para-hydroxylation sites is 3. The lowest BCUT2D eigenvalue weighted by molar-refractivity contribution is 0.195. The minimum Gasteiger partial charge on any atom is -0.497 e. The van der Waals surface area contributed by atoms with Crippen molar-refractivity contribution >= 4 is 73.0 Å². The lowest BCUT2D eigenvalue weighted by Gasteiger charge is -2.52. The standard InChI is InChI=1S/C41H35BN2O2S/c1-40-22-10-11-23-41(40,2)44-33-24-28(45-3)25-34-36(33)42(31-20-13-19-30(40)37(31)44)35-29-18-12-21-32(38(29)47-39(35)46-34)43(26-14-6-4-7-15-26)27-16-8-5-9-17-27/h4-9,12-21,24-25H,10-11,22-23H2,1-3H3. The van der Waals surface area contributed by atoms with E-state index in [9.17, 15) is 0 Å². The highest BCUT2D eigenvalue weighted by Crippen LogP contribution is 2.62. The summed E-state index contributed by atoms with van der Waals surface area (Å²) < 4.78 is 14.2. The highest BCUT2D eigenvalue weighted by Gasteiger charge is 2.61. The van der Waals surface area contributed by atoms with Crippen LogP contribution in [-0.2, 0) is 5.41 Å². The predicted molar refractivity (Wildman–Crippen MR) is 197 cm³/mol. The van der Waals surface area contributed by atoms with Gasteiger partial charge in [0.2, 0.25) is 0 Å². The van der Waals surface area contributed by atoms with Gasteiger partial charge >= 0.3 is 0 Å². The van der Waals surface area contributed by atoms with Gasteiger partial charge in [-0.05, 0) is 77.4 Å². The Kier molecular flexibility index (Phi) is 5.65. The number of anilines is 5. The van der Waals surface area contributed by atoms with Gasteiger partial charge in [0.05, 0.1) is 23.0 Å². The van der Waals surface area contributed by atoms with Gasteiger partial charge in [0, 0.05) is 40.3 Å². The molecule has 0 saturated heterocycles. The Balaban J connectivity index is 1.26. The molecule has 0 bridgehead atoms. The largest absolute Gasteiger partial charge is 0.497 e. The summed E-state index contributed by atoms with van der Waals surface area (Å²) in [5.41, 5.74) is 11.6. The summed E-state index contributed by atoms with van der Waals surface area (Å²) in [6.07, 6.45) is 4.89. The molecule has 0 amide bonds. The Labute approximate surface area is 280 Å². The van der Waals surface area contributed by atoms with Gasteiger partial charge in [0.25, 0.3) is 6.71 Å². The Bertz CT molecular complexity index is 2190. The fourth-order valence-corrected chi connectivity index (χ4v) is 10.6. The molecule has 2 atom stereocenters. The van der Waals surface area contributed by atoms with Crippen LogP contribution in [0.5, 0.6) is 16.6 Å². The minimum absolute atomic E-state index is 0.0230. The quantitative estimate of drug-likeness (QED) is 0.181. The number of thiophene rings is 1. The molecule has 1 saturated carbocycles. The molecule has 47 heavy (non-hydrogen) atoms. The van der Waals surface area contributed by atoms with Crippen LogP contribution in [0.3, 0.4) is 0 Å². The molecule has 6 heteroatoms. The van der Waals surface area contributed by atoms with E-state index in [2.05, 4.69) is 133 Å². The highest BCUT2D eigenvalue weighted by atomic mass is 32.1. The summed E-state index contributed by atoms with van der Waals surface area (Å²) in [4.78, 5) is 5.08. The number of methoxy groups -OCH3 is 1. The van der Waals surface area contributed by atoms with Gasteiger partial charge in [0.15, 0.2) is 5.06 Å². The third kappa shape index (κ3) is 3.49. The first kappa shape index (κ1) is 27.4. The van der Waals surface area contributed by atoms with Crippen molar-refractivity contribution < 1.29 is 9.47 Å². The summed E-state index contributed by atoms with van der Waals surface area (Å²) >= 11 is 1.77. The van der Waals surface area contributed by atoms with Gasteiger partial charge in [-0.2, -0.15) is 0 Å². The van der Waals surface area contributed by atoms with Crippen molar-refractivity contribution in [2.75, 3.05) is 16.9 Å². The van der Waals surface area contributed by atoms with Gasteiger partial charge in [-0.15, -0.1) is 0 Å². The van der Waals surface area contributed by atoms with Crippen LogP contribution in [0.25, 0.3) is 10.1 Å². The first-order valence-corrected chi connectivity index (χ1v) is 17.6. The lowest BCUT2D eigenvalue weighted by atomic mass is 9.34. The Morgan fingerprint density at radius 1 is 0.809 bits per heavy atom. The average Bonchev–Trinajstić information content (AvgIpc) is 3.58. The highest BCUT2D eigenvalue weighted by molar-refractivity contribution is 7.24. The third-order valence-corrected chi connectivity index (χ3v) is 12.9. The molecule has 10 rings (SSSR count). The average molecular weight is 631 g/mol. The number of ether oxygens (including phenoxy) is 2. The molecule has 2 unspecified atom stereocenters. The van der Waals surface area contributed by atoms with E-state index in [0.717, 1.165) is 33.6 Å². The molecule has 1 aliphatic carbocycles. The van der Waals surface area contributed by atoms with Gasteiger partial charge in [-0.3, -0.25) is 0 Å². The number of hydrogen-bond donors (Lipinski definition) is 0. The number of rotatable bonds is 4. The molecule has 0 radical (unpaired) electrons. The molecule has 1 aromatic heterocycles. The van der Waals surface area contributed by atoms with Crippen LogP contribution >= 0.6 is 11.3 Å². The molecule has 0 spiro atoms. The van der Waals surface area contributed by atoms with E-state index in [1.54, 1.807) is 18.4 Å². The smallest absolute Gasteiger partial charge is 0.258 e. The predicted octanol–water partition coefficient (Wildman–Crippen LogP) is 9.06.